The molecule has 2 rings (SSSR count). The molecule has 0 fully saturated rings. The second-order valence-electron chi connectivity index (χ2n) is 4.59. The molecular formula is C15H17ClN2. The quantitative estimate of drug-likeness (QED) is 0.809. The number of halogens is 1. The molecule has 94 valence electrons. The second-order valence-corrected chi connectivity index (χ2v) is 5.00. The van der Waals surface area contributed by atoms with E-state index < -0.39 is 0 Å². The molecule has 0 atom stereocenters. The molecule has 1 aliphatic rings. The van der Waals surface area contributed by atoms with Gasteiger partial charge in [-0.1, -0.05) is 23.3 Å². The van der Waals surface area contributed by atoms with E-state index in [0.717, 1.165) is 18.7 Å². The van der Waals surface area contributed by atoms with Crippen molar-refractivity contribution in [3.05, 3.63) is 40.4 Å². The van der Waals surface area contributed by atoms with Crippen molar-refractivity contribution in [2.45, 2.75) is 32.1 Å². The van der Waals surface area contributed by atoms with E-state index >= 15 is 0 Å². The van der Waals surface area contributed by atoms with E-state index in [1.165, 1.54) is 25.7 Å². The second kappa shape index (κ2) is 6.47. The lowest BCUT2D eigenvalue weighted by Crippen LogP contribution is -2.04. The fourth-order valence-electron chi connectivity index (χ4n) is 2.21. The Kier molecular flexibility index (Phi) is 4.66. The highest BCUT2D eigenvalue weighted by Crippen LogP contribution is 2.22. The molecule has 0 saturated carbocycles. The molecule has 1 aliphatic carbocycles. The van der Waals surface area contributed by atoms with Crippen molar-refractivity contribution in [2.24, 2.45) is 0 Å². The summed E-state index contributed by atoms with van der Waals surface area (Å²) in [6.45, 7) is 0.925. The van der Waals surface area contributed by atoms with Crippen molar-refractivity contribution >= 4 is 17.3 Å². The molecule has 0 unspecified atom stereocenters. The number of benzene rings is 1. The predicted molar refractivity (Wildman–Crippen MR) is 75.8 cm³/mol. The monoisotopic (exact) mass is 260 g/mol. The number of hydrogen-bond donors (Lipinski definition) is 1. The number of nitrogens with one attached hydrogen (secondary N) is 1. The minimum Gasteiger partial charge on any atom is -0.385 e. The van der Waals surface area contributed by atoms with Crippen LogP contribution in [0.4, 0.5) is 5.69 Å². The van der Waals surface area contributed by atoms with Gasteiger partial charge in [0.1, 0.15) is 6.07 Å². The number of hydrogen-bond acceptors (Lipinski definition) is 2. The van der Waals surface area contributed by atoms with Crippen LogP contribution in [0.1, 0.15) is 37.7 Å². The van der Waals surface area contributed by atoms with Gasteiger partial charge in [0.15, 0.2) is 0 Å². The fraction of sp³-hybridized carbons (Fsp3) is 0.400. The fourth-order valence-corrected chi connectivity index (χ4v) is 2.44. The van der Waals surface area contributed by atoms with Crippen molar-refractivity contribution < 1.29 is 0 Å². The van der Waals surface area contributed by atoms with Gasteiger partial charge < -0.3 is 5.32 Å². The standard InChI is InChI=1S/C15H17ClN2/c16-15-10-14(7-6-13(15)11-17)18-9-8-12-4-2-1-3-5-12/h4,6-7,10,18H,1-3,5,8-9H2. The Bertz CT molecular complexity index is 486. The van der Waals surface area contributed by atoms with E-state index in [1.807, 2.05) is 12.1 Å². The van der Waals surface area contributed by atoms with E-state index in [1.54, 1.807) is 11.6 Å². The normalized spacial score (nSPS) is 14.8. The minimum absolute atomic E-state index is 0.513. The predicted octanol–water partition coefficient (Wildman–Crippen LogP) is 4.51. The summed E-state index contributed by atoms with van der Waals surface area (Å²) in [5, 5.41) is 12.7. The van der Waals surface area contributed by atoms with Crippen LogP contribution in [0.3, 0.4) is 0 Å². The van der Waals surface area contributed by atoms with Gasteiger partial charge in [-0.15, -0.1) is 0 Å². The lowest BCUT2D eigenvalue weighted by molar-refractivity contribution is 0.679. The molecule has 2 nitrogen and oxygen atoms in total. The summed E-state index contributed by atoms with van der Waals surface area (Å²) in [6.07, 6.45) is 8.61. The molecule has 0 radical (unpaired) electrons. The van der Waals surface area contributed by atoms with Gasteiger partial charge in [-0.25, -0.2) is 0 Å². The zero-order chi connectivity index (χ0) is 12.8. The molecule has 0 heterocycles. The van der Waals surface area contributed by atoms with Crippen LogP contribution in [0.15, 0.2) is 29.8 Å². The van der Waals surface area contributed by atoms with Gasteiger partial charge in [-0.05, 0) is 50.3 Å². The van der Waals surface area contributed by atoms with Crippen molar-refractivity contribution in [2.75, 3.05) is 11.9 Å². The lowest BCUT2D eigenvalue weighted by atomic mass is 9.97. The zero-order valence-corrected chi connectivity index (χ0v) is 11.1. The average molecular weight is 261 g/mol. The van der Waals surface area contributed by atoms with Crippen molar-refractivity contribution in [3.63, 3.8) is 0 Å². The summed E-state index contributed by atoms with van der Waals surface area (Å²) in [5.41, 5.74) is 3.07. The number of nitriles is 1. The average Bonchev–Trinajstić information content (AvgIpc) is 2.40. The Hall–Kier alpha value is -1.46. The molecule has 0 saturated heterocycles. The minimum atomic E-state index is 0.513. The van der Waals surface area contributed by atoms with E-state index in [9.17, 15) is 0 Å². The third kappa shape index (κ3) is 3.51. The zero-order valence-electron chi connectivity index (χ0n) is 10.4. The maximum Gasteiger partial charge on any atom is 0.101 e. The van der Waals surface area contributed by atoms with Crippen LogP contribution in [0.2, 0.25) is 5.02 Å². The highest BCUT2D eigenvalue weighted by molar-refractivity contribution is 6.32. The maximum atomic E-state index is 8.79. The first-order chi connectivity index (χ1) is 8.79. The Labute approximate surface area is 113 Å². The number of rotatable bonds is 4. The van der Waals surface area contributed by atoms with Gasteiger partial charge >= 0.3 is 0 Å². The van der Waals surface area contributed by atoms with Crippen LogP contribution in [-0.2, 0) is 0 Å². The van der Waals surface area contributed by atoms with Crippen LogP contribution in [0.5, 0.6) is 0 Å². The molecule has 0 bridgehead atoms. The number of allylic oxidation sites excluding steroid dienone is 1. The van der Waals surface area contributed by atoms with Crippen LogP contribution in [0, 0.1) is 11.3 Å². The van der Waals surface area contributed by atoms with Crippen molar-refractivity contribution in [3.8, 4) is 6.07 Å². The first-order valence-electron chi connectivity index (χ1n) is 6.41. The summed E-state index contributed by atoms with van der Waals surface area (Å²) in [6, 6.07) is 7.53. The summed E-state index contributed by atoms with van der Waals surface area (Å²) in [5.74, 6) is 0. The van der Waals surface area contributed by atoms with Gasteiger partial charge in [-0.2, -0.15) is 5.26 Å². The third-order valence-electron chi connectivity index (χ3n) is 3.25. The smallest absolute Gasteiger partial charge is 0.101 e. The molecule has 1 aromatic carbocycles. The topological polar surface area (TPSA) is 35.8 Å². The third-order valence-corrected chi connectivity index (χ3v) is 3.56. The van der Waals surface area contributed by atoms with E-state index in [2.05, 4.69) is 17.5 Å². The van der Waals surface area contributed by atoms with E-state index in [-0.39, 0.29) is 0 Å². The van der Waals surface area contributed by atoms with Gasteiger partial charge in [-0.3, -0.25) is 0 Å². The summed E-state index contributed by atoms with van der Waals surface area (Å²) >= 11 is 5.98. The Balaban J connectivity index is 1.85. The molecule has 1 aromatic rings. The molecule has 0 amide bonds. The van der Waals surface area contributed by atoms with Crippen molar-refractivity contribution in [1.29, 1.82) is 5.26 Å². The first kappa shape index (κ1) is 13.0. The molecular weight excluding hydrogens is 244 g/mol. The van der Waals surface area contributed by atoms with Gasteiger partial charge in [0, 0.05) is 12.2 Å². The Morgan fingerprint density at radius 1 is 1.33 bits per heavy atom. The SMILES string of the molecule is N#Cc1ccc(NCCC2=CCCCC2)cc1Cl. The van der Waals surface area contributed by atoms with Crippen molar-refractivity contribution in [1.82, 2.24) is 0 Å². The number of anilines is 1. The number of nitrogens with zero attached hydrogens (tertiary/aromatic N) is 1. The van der Waals surface area contributed by atoms with Crippen LogP contribution >= 0.6 is 11.6 Å². The summed E-state index contributed by atoms with van der Waals surface area (Å²) in [7, 11) is 0. The maximum absolute atomic E-state index is 8.79. The largest absolute Gasteiger partial charge is 0.385 e. The molecule has 0 aliphatic heterocycles. The Morgan fingerprint density at radius 2 is 2.22 bits per heavy atom. The Morgan fingerprint density at radius 3 is 2.89 bits per heavy atom. The summed E-state index contributed by atoms with van der Waals surface area (Å²) in [4.78, 5) is 0. The lowest BCUT2D eigenvalue weighted by Gasteiger charge is -2.13. The van der Waals surface area contributed by atoms with E-state index in [4.69, 9.17) is 16.9 Å². The van der Waals surface area contributed by atoms with Gasteiger partial charge in [0.05, 0.1) is 10.6 Å². The molecule has 0 aromatic heterocycles. The highest BCUT2D eigenvalue weighted by atomic mass is 35.5. The molecule has 1 N–H and O–H groups in total. The molecule has 18 heavy (non-hydrogen) atoms. The van der Waals surface area contributed by atoms with Crippen LogP contribution < -0.4 is 5.32 Å². The van der Waals surface area contributed by atoms with Gasteiger partial charge in [0.25, 0.3) is 0 Å². The van der Waals surface area contributed by atoms with Crippen LogP contribution in [-0.4, -0.2) is 6.54 Å². The summed E-state index contributed by atoms with van der Waals surface area (Å²) < 4.78 is 0. The van der Waals surface area contributed by atoms with Gasteiger partial charge in [0.2, 0.25) is 0 Å². The van der Waals surface area contributed by atoms with Crippen LogP contribution in [0.25, 0.3) is 0 Å². The van der Waals surface area contributed by atoms with E-state index in [0.29, 0.717) is 10.6 Å². The highest BCUT2D eigenvalue weighted by Gasteiger charge is 2.04. The first-order valence-corrected chi connectivity index (χ1v) is 6.79. The molecule has 3 heteroatoms. The molecule has 0 spiro atoms.